The zero-order valence-electron chi connectivity index (χ0n) is 9.53. The summed E-state index contributed by atoms with van der Waals surface area (Å²) >= 11 is 3.42. The van der Waals surface area contributed by atoms with Crippen LogP contribution in [0.3, 0.4) is 0 Å². The van der Waals surface area contributed by atoms with Crippen molar-refractivity contribution in [2.75, 3.05) is 0 Å². The third-order valence-corrected chi connectivity index (χ3v) is 3.30. The van der Waals surface area contributed by atoms with Crippen LogP contribution in [0.1, 0.15) is 25.2 Å². The van der Waals surface area contributed by atoms with Crippen molar-refractivity contribution in [3.05, 3.63) is 15.9 Å². The van der Waals surface area contributed by atoms with Crippen molar-refractivity contribution in [1.29, 1.82) is 0 Å². The minimum Gasteiger partial charge on any atom is -0.479 e. The van der Waals surface area contributed by atoms with Gasteiger partial charge in [-0.2, -0.15) is 5.10 Å². The van der Waals surface area contributed by atoms with Gasteiger partial charge in [0.15, 0.2) is 6.10 Å². The number of carboxylic acids is 1. The van der Waals surface area contributed by atoms with Crippen molar-refractivity contribution >= 4 is 21.9 Å². The van der Waals surface area contributed by atoms with E-state index < -0.39 is 12.1 Å². The molecule has 0 bridgehead atoms. The smallest absolute Gasteiger partial charge is 0.332 e. The molecule has 6 heteroatoms. The second-order valence-electron chi connectivity index (χ2n) is 3.45. The molecular weight excluding hydrogens is 276 g/mol. The van der Waals surface area contributed by atoms with Crippen LogP contribution in [0.2, 0.25) is 0 Å². The predicted molar refractivity (Wildman–Crippen MR) is 62.2 cm³/mol. The molecule has 1 aromatic rings. The van der Waals surface area contributed by atoms with E-state index in [0.717, 1.165) is 22.4 Å². The molecule has 1 N–H and O–H groups in total. The molecule has 0 radical (unpaired) electrons. The molecule has 0 fully saturated rings. The van der Waals surface area contributed by atoms with Crippen LogP contribution in [0.5, 0.6) is 0 Å². The fourth-order valence-electron chi connectivity index (χ4n) is 1.28. The number of carboxylic acid groups (broad SMARTS) is 1. The van der Waals surface area contributed by atoms with Crippen LogP contribution in [-0.4, -0.2) is 27.0 Å². The van der Waals surface area contributed by atoms with Gasteiger partial charge >= 0.3 is 5.97 Å². The highest BCUT2D eigenvalue weighted by molar-refractivity contribution is 9.10. The van der Waals surface area contributed by atoms with E-state index in [2.05, 4.69) is 21.0 Å². The lowest BCUT2D eigenvalue weighted by Gasteiger charge is -2.09. The summed E-state index contributed by atoms with van der Waals surface area (Å²) in [5.74, 6) is -0.963. The van der Waals surface area contributed by atoms with Crippen molar-refractivity contribution in [2.24, 2.45) is 0 Å². The topological polar surface area (TPSA) is 64.4 Å². The lowest BCUT2D eigenvalue weighted by Crippen LogP contribution is -2.20. The molecule has 0 aromatic carbocycles. The summed E-state index contributed by atoms with van der Waals surface area (Å²) in [6.45, 7) is 6.34. The number of aromatic nitrogens is 2. The van der Waals surface area contributed by atoms with Crippen molar-refractivity contribution < 1.29 is 14.6 Å². The molecule has 0 saturated heterocycles. The Balaban J connectivity index is 2.76. The Morgan fingerprint density at radius 3 is 2.81 bits per heavy atom. The summed E-state index contributed by atoms with van der Waals surface area (Å²) in [5, 5.41) is 13.0. The van der Waals surface area contributed by atoms with Gasteiger partial charge in [-0.3, -0.25) is 4.68 Å². The van der Waals surface area contributed by atoms with Crippen LogP contribution in [0.4, 0.5) is 0 Å². The van der Waals surface area contributed by atoms with Gasteiger partial charge in [0.05, 0.1) is 22.5 Å². The van der Waals surface area contributed by atoms with E-state index in [9.17, 15) is 4.79 Å². The number of halogens is 1. The summed E-state index contributed by atoms with van der Waals surface area (Å²) in [4.78, 5) is 10.6. The van der Waals surface area contributed by atoms with Crippen molar-refractivity contribution in [2.45, 2.75) is 40.0 Å². The van der Waals surface area contributed by atoms with Crippen LogP contribution in [-0.2, 0) is 22.7 Å². The van der Waals surface area contributed by atoms with E-state index in [4.69, 9.17) is 9.84 Å². The summed E-state index contributed by atoms with van der Waals surface area (Å²) in [7, 11) is 0. The van der Waals surface area contributed by atoms with Crippen LogP contribution < -0.4 is 0 Å². The Bertz CT molecular complexity index is 390. The van der Waals surface area contributed by atoms with Gasteiger partial charge in [0.1, 0.15) is 0 Å². The average molecular weight is 291 g/mol. The normalized spacial score (nSPS) is 12.8. The van der Waals surface area contributed by atoms with Gasteiger partial charge in [-0.05, 0) is 36.7 Å². The fourth-order valence-corrected chi connectivity index (χ4v) is 1.68. The Morgan fingerprint density at radius 1 is 1.69 bits per heavy atom. The fraction of sp³-hybridized carbons (Fsp3) is 0.600. The van der Waals surface area contributed by atoms with Crippen molar-refractivity contribution in [3.63, 3.8) is 0 Å². The first-order chi connectivity index (χ1) is 7.47. The average Bonchev–Trinajstić information content (AvgIpc) is 2.51. The number of ether oxygens (including phenoxy) is 1. The number of carbonyl (C=O) groups is 1. The molecule has 0 amide bonds. The largest absolute Gasteiger partial charge is 0.479 e. The van der Waals surface area contributed by atoms with E-state index >= 15 is 0 Å². The van der Waals surface area contributed by atoms with E-state index in [1.54, 1.807) is 4.68 Å². The Kier molecular flexibility index (Phi) is 4.49. The van der Waals surface area contributed by atoms with E-state index in [0.29, 0.717) is 0 Å². The molecule has 5 nitrogen and oxygen atoms in total. The van der Waals surface area contributed by atoms with Gasteiger partial charge in [-0.1, -0.05) is 0 Å². The first kappa shape index (κ1) is 13.2. The third-order valence-electron chi connectivity index (χ3n) is 2.27. The summed E-state index contributed by atoms with van der Waals surface area (Å²) in [5.41, 5.74) is 1.75. The van der Waals surface area contributed by atoms with Gasteiger partial charge in [0.2, 0.25) is 0 Å². The maximum Gasteiger partial charge on any atom is 0.332 e. The molecule has 1 heterocycles. The molecule has 0 saturated carbocycles. The lowest BCUT2D eigenvalue weighted by molar-refractivity contribution is -0.150. The van der Waals surface area contributed by atoms with Gasteiger partial charge < -0.3 is 9.84 Å². The van der Waals surface area contributed by atoms with Crippen LogP contribution >= 0.6 is 15.9 Å². The highest BCUT2D eigenvalue weighted by atomic mass is 79.9. The minimum absolute atomic E-state index is 0.239. The standard InChI is InChI=1S/C10H15BrN2O3/c1-4-13-8(9(11)6(2)12-13)5-16-7(3)10(14)15/h7H,4-5H2,1-3H3,(H,14,15)/t7-/m0/s1. The Labute approximate surface area is 103 Å². The van der Waals surface area contributed by atoms with Gasteiger partial charge in [-0.15, -0.1) is 0 Å². The van der Waals surface area contributed by atoms with Crippen molar-refractivity contribution in [3.8, 4) is 0 Å². The number of aliphatic carboxylic acids is 1. The van der Waals surface area contributed by atoms with E-state index in [-0.39, 0.29) is 6.61 Å². The number of hydrogen-bond acceptors (Lipinski definition) is 3. The molecule has 0 aliphatic carbocycles. The SMILES string of the molecule is CCn1nc(C)c(Br)c1CO[C@@H](C)C(=O)O. The molecule has 90 valence electrons. The lowest BCUT2D eigenvalue weighted by atomic mass is 10.3. The molecule has 1 aromatic heterocycles. The third kappa shape index (κ3) is 2.82. The van der Waals surface area contributed by atoms with Crippen LogP contribution in [0, 0.1) is 6.92 Å². The zero-order chi connectivity index (χ0) is 12.3. The zero-order valence-corrected chi connectivity index (χ0v) is 11.1. The Hall–Kier alpha value is -0.880. The quantitative estimate of drug-likeness (QED) is 0.900. The second kappa shape index (κ2) is 5.45. The van der Waals surface area contributed by atoms with Crippen LogP contribution in [0.15, 0.2) is 4.47 Å². The molecule has 16 heavy (non-hydrogen) atoms. The number of nitrogens with zero attached hydrogens (tertiary/aromatic N) is 2. The molecule has 1 rings (SSSR count). The van der Waals surface area contributed by atoms with Crippen LogP contribution in [0.25, 0.3) is 0 Å². The van der Waals surface area contributed by atoms with E-state index in [1.165, 1.54) is 6.92 Å². The predicted octanol–water partition coefficient (Wildman–Crippen LogP) is 1.96. The first-order valence-electron chi connectivity index (χ1n) is 5.03. The molecule has 0 unspecified atom stereocenters. The minimum atomic E-state index is -0.963. The summed E-state index contributed by atoms with van der Waals surface area (Å²) < 4.78 is 7.92. The summed E-state index contributed by atoms with van der Waals surface area (Å²) in [6.07, 6.45) is -0.813. The van der Waals surface area contributed by atoms with Gasteiger partial charge in [-0.25, -0.2) is 4.79 Å². The van der Waals surface area contributed by atoms with Crippen molar-refractivity contribution in [1.82, 2.24) is 9.78 Å². The highest BCUT2D eigenvalue weighted by Crippen LogP contribution is 2.22. The Morgan fingerprint density at radius 2 is 2.31 bits per heavy atom. The highest BCUT2D eigenvalue weighted by Gasteiger charge is 2.16. The first-order valence-corrected chi connectivity index (χ1v) is 5.82. The number of hydrogen-bond donors (Lipinski definition) is 1. The number of aryl methyl sites for hydroxylation is 2. The van der Waals surface area contributed by atoms with E-state index in [1.807, 2.05) is 13.8 Å². The molecule has 1 atom stereocenters. The molecule has 0 aliphatic rings. The summed E-state index contributed by atoms with van der Waals surface area (Å²) in [6, 6.07) is 0. The maximum absolute atomic E-state index is 10.6. The van der Waals surface area contributed by atoms with Gasteiger partial charge in [0.25, 0.3) is 0 Å². The molecule has 0 aliphatic heterocycles. The monoisotopic (exact) mass is 290 g/mol. The number of rotatable bonds is 5. The molecule has 0 spiro atoms. The maximum atomic E-state index is 10.6. The van der Waals surface area contributed by atoms with Gasteiger partial charge in [0, 0.05) is 6.54 Å². The second-order valence-corrected chi connectivity index (χ2v) is 4.25. The molecular formula is C10H15BrN2O3.